The fourth-order valence-electron chi connectivity index (χ4n) is 1.73. The van der Waals surface area contributed by atoms with Gasteiger partial charge >= 0.3 is 0 Å². The SMILES string of the molecule is CCNc1cc(C)nc(N)n1.CCNc1nc(N)nc(C)c1I.Cl.ClI. The molecule has 148 valence electrons. The van der Waals surface area contributed by atoms with Crippen LogP contribution < -0.4 is 22.1 Å². The standard InChI is InChI=1S/C7H11IN4.C7H12N4.ClI.ClH/c1-3-10-6-5(8)4(2)11-7(9)12-6;1-3-9-6-4-5(2)10-7(8)11-6;1-2;/h3H2,1-2H3,(H3,9,10,11,12);4H,3H2,1-2H3,(H3,8,9,10,11);;1H. The number of halogens is 4. The molecule has 12 heteroatoms. The molecule has 2 aromatic rings. The minimum absolute atomic E-state index is 0. The summed E-state index contributed by atoms with van der Waals surface area (Å²) >= 11 is 3.82. The zero-order valence-corrected chi connectivity index (χ0v) is 20.9. The van der Waals surface area contributed by atoms with Gasteiger partial charge in [-0.3, -0.25) is 0 Å². The van der Waals surface area contributed by atoms with Crippen molar-refractivity contribution in [2.24, 2.45) is 0 Å². The van der Waals surface area contributed by atoms with Crippen LogP contribution in [-0.2, 0) is 0 Å². The monoisotopic (exact) mass is 628 g/mol. The van der Waals surface area contributed by atoms with Crippen molar-refractivity contribution in [3.63, 3.8) is 0 Å². The Balaban J connectivity index is 0. The fraction of sp³-hybridized carbons (Fsp3) is 0.429. The van der Waals surface area contributed by atoms with Gasteiger partial charge in [-0.25, -0.2) is 9.97 Å². The molecule has 0 fully saturated rings. The first kappa shape index (κ1) is 27.6. The highest BCUT2D eigenvalue weighted by molar-refractivity contribution is 14.1. The first-order valence-electron chi connectivity index (χ1n) is 7.40. The molecule has 0 radical (unpaired) electrons. The van der Waals surface area contributed by atoms with Crippen LogP contribution in [0.4, 0.5) is 23.5 Å². The molecule has 0 atom stereocenters. The van der Waals surface area contributed by atoms with E-state index in [1.807, 2.05) is 33.8 Å². The molecule has 0 unspecified atom stereocenters. The average Bonchev–Trinajstić information content (AvgIpc) is 2.54. The molecule has 0 spiro atoms. The van der Waals surface area contributed by atoms with Crippen molar-refractivity contribution in [3.05, 3.63) is 21.0 Å². The third-order valence-corrected chi connectivity index (χ3v) is 3.90. The fourth-order valence-corrected chi connectivity index (χ4v) is 2.16. The average molecular weight is 629 g/mol. The Morgan fingerprint density at radius 3 is 2.00 bits per heavy atom. The maximum Gasteiger partial charge on any atom is 0.222 e. The maximum absolute atomic E-state index is 5.49. The van der Waals surface area contributed by atoms with Gasteiger partial charge in [-0.2, -0.15) is 9.97 Å². The molecule has 0 aromatic carbocycles. The van der Waals surface area contributed by atoms with Crippen LogP contribution >= 0.6 is 65.4 Å². The number of hydrogen-bond donors (Lipinski definition) is 4. The van der Waals surface area contributed by atoms with Gasteiger partial charge in [-0.05, 0) is 59.2 Å². The lowest BCUT2D eigenvalue weighted by atomic mass is 10.4. The summed E-state index contributed by atoms with van der Waals surface area (Å²) in [6.07, 6.45) is 0. The lowest BCUT2D eigenvalue weighted by Crippen LogP contribution is -2.07. The Bertz CT molecular complexity index is 641. The first-order valence-corrected chi connectivity index (χ1v) is 11.2. The van der Waals surface area contributed by atoms with E-state index in [-0.39, 0.29) is 12.4 Å². The van der Waals surface area contributed by atoms with E-state index in [0.29, 0.717) is 11.9 Å². The second kappa shape index (κ2) is 15.5. The van der Waals surface area contributed by atoms with E-state index in [4.69, 9.17) is 11.5 Å². The molecule has 0 aliphatic heterocycles. The molecule has 2 rings (SSSR count). The molecule has 26 heavy (non-hydrogen) atoms. The third kappa shape index (κ3) is 10.5. The summed E-state index contributed by atoms with van der Waals surface area (Å²) in [4.78, 5) is 16.0. The lowest BCUT2D eigenvalue weighted by molar-refractivity contribution is 1.07. The van der Waals surface area contributed by atoms with E-state index in [2.05, 4.69) is 62.1 Å². The molecule has 2 aromatic heterocycles. The molecule has 0 saturated carbocycles. The van der Waals surface area contributed by atoms with Crippen LogP contribution in [0.2, 0.25) is 0 Å². The summed E-state index contributed by atoms with van der Waals surface area (Å²) in [5.74, 6) is 2.26. The molecular weight excluding hydrogens is 605 g/mol. The smallest absolute Gasteiger partial charge is 0.222 e. The largest absolute Gasteiger partial charge is 0.370 e. The van der Waals surface area contributed by atoms with E-state index in [1.54, 1.807) is 21.5 Å². The van der Waals surface area contributed by atoms with Crippen LogP contribution in [0.5, 0.6) is 0 Å². The number of aryl methyl sites for hydroxylation is 2. The second-order valence-electron chi connectivity index (χ2n) is 4.64. The van der Waals surface area contributed by atoms with Crippen LogP contribution in [-0.4, -0.2) is 33.0 Å². The Morgan fingerprint density at radius 1 is 0.962 bits per heavy atom. The molecule has 0 amide bonds. The molecule has 0 aliphatic rings. The van der Waals surface area contributed by atoms with Gasteiger partial charge in [-0.15, -0.1) is 12.4 Å². The van der Waals surface area contributed by atoms with Gasteiger partial charge in [0.1, 0.15) is 11.6 Å². The molecule has 0 saturated heterocycles. The number of nitrogens with two attached hydrogens (primary N) is 2. The third-order valence-electron chi connectivity index (χ3n) is 2.61. The van der Waals surface area contributed by atoms with Gasteiger partial charge < -0.3 is 22.1 Å². The zero-order valence-electron chi connectivity index (χ0n) is 15.0. The van der Waals surface area contributed by atoms with E-state index in [9.17, 15) is 0 Å². The lowest BCUT2D eigenvalue weighted by Gasteiger charge is -2.07. The van der Waals surface area contributed by atoms with Crippen LogP contribution in [0, 0.1) is 17.4 Å². The Hall–Kier alpha value is -0.600. The summed E-state index contributed by atoms with van der Waals surface area (Å²) in [7, 11) is 4.61. The summed E-state index contributed by atoms with van der Waals surface area (Å²) in [6, 6.07) is 1.86. The molecule has 8 nitrogen and oxygen atoms in total. The Kier molecular flexibility index (Phi) is 16.4. The number of anilines is 4. The second-order valence-corrected chi connectivity index (χ2v) is 5.72. The van der Waals surface area contributed by atoms with Crippen molar-refractivity contribution in [1.29, 1.82) is 0 Å². The number of nitrogens with one attached hydrogen (secondary N) is 2. The molecule has 2 heterocycles. The van der Waals surface area contributed by atoms with Crippen LogP contribution in [0.15, 0.2) is 6.07 Å². The first-order chi connectivity index (χ1) is 11.9. The van der Waals surface area contributed by atoms with Crippen molar-refractivity contribution in [1.82, 2.24) is 19.9 Å². The Morgan fingerprint density at radius 2 is 1.50 bits per heavy atom. The Labute approximate surface area is 191 Å². The number of rotatable bonds is 4. The van der Waals surface area contributed by atoms with Gasteiger partial charge in [-0.1, -0.05) is 0 Å². The number of nitrogen functional groups attached to an aromatic ring is 2. The van der Waals surface area contributed by atoms with Gasteiger partial charge in [0.15, 0.2) is 0 Å². The van der Waals surface area contributed by atoms with E-state index >= 15 is 0 Å². The summed E-state index contributed by atoms with van der Waals surface area (Å²) in [5.41, 5.74) is 12.7. The van der Waals surface area contributed by atoms with Crippen molar-refractivity contribution in [2.75, 3.05) is 35.2 Å². The number of nitrogens with zero attached hydrogens (tertiary/aromatic N) is 4. The molecular formula is C14H24Cl2I2N8. The quantitative estimate of drug-likeness (QED) is 0.371. The van der Waals surface area contributed by atoms with Gasteiger partial charge in [0, 0.05) is 46.3 Å². The number of aromatic nitrogens is 4. The molecule has 0 bridgehead atoms. The van der Waals surface area contributed by atoms with Crippen molar-refractivity contribution in [3.8, 4) is 0 Å². The summed E-state index contributed by atoms with van der Waals surface area (Å²) in [5, 5.41) is 6.18. The predicted octanol–water partition coefficient (Wildman–Crippen LogP) is 4.20. The van der Waals surface area contributed by atoms with Gasteiger partial charge in [0.2, 0.25) is 11.9 Å². The summed E-state index contributed by atoms with van der Waals surface area (Å²) < 4.78 is 1.03. The highest BCUT2D eigenvalue weighted by atomic mass is 127. The van der Waals surface area contributed by atoms with Gasteiger partial charge in [0.25, 0.3) is 0 Å². The maximum atomic E-state index is 5.49. The van der Waals surface area contributed by atoms with Crippen LogP contribution in [0.25, 0.3) is 0 Å². The normalized spacial score (nSPS) is 8.88. The van der Waals surface area contributed by atoms with Crippen molar-refractivity contribution >= 4 is 88.9 Å². The van der Waals surface area contributed by atoms with Crippen molar-refractivity contribution in [2.45, 2.75) is 27.7 Å². The van der Waals surface area contributed by atoms with E-state index < -0.39 is 0 Å². The summed E-state index contributed by atoms with van der Waals surface area (Å²) in [6.45, 7) is 9.51. The van der Waals surface area contributed by atoms with Gasteiger partial charge in [0.05, 0.1) is 9.26 Å². The highest BCUT2D eigenvalue weighted by Crippen LogP contribution is 2.18. The van der Waals surface area contributed by atoms with Crippen LogP contribution in [0.3, 0.4) is 0 Å². The van der Waals surface area contributed by atoms with E-state index in [0.717, 1.165) is 39.7 Å². The minimum atomic E-state index is 0. The molecule has 6 N–H and O–H groups in total. The predicted molar refractivity (Wildman–Crippen MR) is 131 cm³/mol. The van der Waals surface area contributed by atoms with E-state index in [1.165, 1.54) is 0 Å². The zero-order chi connectivity index (χ0) is 19.4. The number of hydrogen-bond acceptors (Lipinski definition) is 8. The highest BCUT2D eigenvalue weighted by Gasteiger charge is 2.05. The molecule has 0 aliphatic carbocycles. The minimum Gasteiger partial charge on any atom is -0.370 e. The van der Waals surface area contributed by atoms with Crippen LogP contribution in [0.1, 0.15) is 25.2 Å². The van der Waals surface area contributed by atoms with Crippen molar-refractivity contribution < 1.29 is 0 Å². The topological polar surface area (TPSA) is 128 Å².